The van der Waals surface area contributed by atoms with E-state index in [9.17, 15) is 17.2 Å². The van der Waals surface area contributed by atoms with Crippen LogP contribution in [0.3, 0.4) is 0 Å². The fourth-order valence-corrected chi connectivity index (χ4v) is 2.93. The SMILES string of the molecule is N#Cc1cc(NS(=O)(=O)c2c(N)cccc2F)ccc1F. The normalized spacial score (nSPS) is 10.9. The molecular weight excluding hydrogens is 300 g/mol. The second kappa shape index (κ2) is 5.38. The molecule has 0 radical (unpaired) electrons. The maximum Gasteiger partial charge on any atom is 0.266 e. The fourth-order valence-electron chi connectivity index (χ4n) is 1.69. The molecular formula is C13H9F2N3O2S. The zero-order valence-corrected chi connectivity index (χ0v) is 11.3. The number of nitriles is 1. The molecule has 0 atom stereocenters. The highest BCUT2D eigenvalue weighted by Gasteiger charge is 2.22. The van der Waals surface area contributed by atoms with Crippen molar-refractivity contribution in [1.82, 2.24) is 0 Å². The predicted molar refractivity (Wildman–Crippen MR) is 72.7 cm³/mol. The Morgan fingerprint density at radius 2 is 1.86 bits per heavy atom. The van der Waals surface area contributed by atoms with Crippen LogP contribution in [0.2, 0.25) is 0 Å². The lowest BCUT2D eigenvalue weighted by molar-refractivity contribution is 0.571. The molecule has 21 heavy (non-hydrogen) atoms. The molecule has 0 heterocycles. The van der Waals surface area contributed by atoms with Crippen LogP contribution in [0, 0.1) is 23.0 Å². The Balaban J connectivity index is 2.46. The van der Waals surface area contributed by atoms with Crippen molar-refractivity contribution in [1.29, 1.82) is 5.26 Å². The highest BCUT2D eigenvalue weighted by atomic mass is 32.2. The Kier molecular flexibility index (Phi) is 3.78. The first-order valence-electron chi connectivity index (χ1n) is 5.61. The lowest BCUT2D eigenvalue weighted by Gasteiger charge is -2.11. The van der Waals surface area contributed by atoms with Gasteiger partial charge in [-0.1, -0.05) is 6.07 Å². The van der Waals surface area contributed by atoms with Gasteiger partial charge < -0.3 is 5.73 Å². The first kappa shape index (κ1) is 14.7. The molecule has 0 spiro atoms. The van der Waals surface area contributed by atoms with Crippen LogP contribution in [-0.4, -0.2) is 8.42 Å². The zero-order valence-electron chi connectivity index (χ0n) is 10.5. The molecule has 2 aromatic carbocycles. The van der Waals surface area contributed by atoms with Crippen molar-refractivity contribution in [3.05, 3.63) is 53.6 Å². The van der Waals surface area contributed by atoms with Crippen LogP contribution >= 0.6 is 0 Å². The van der Waals surface area contributed by atoms with E-state index in [1.54, 1.807) is 6.07 Å². The number of anilines is 2. The van der Waals surface area contributed by atoms with E-state index in [1.807, 2.05) is 0 Å². The average molecular weight is 309 g/mol. The minimum Gasteiger partial charge on any atom is -0.398 e. The van der Waals surface area contributed by atoms with Crippen molar-refractivity contribution in [3.63, 3.8) is 0 Å². The molecule has 0 aromatic heterocycles. The van der Waals surface area contributed by atoms with Crippen molar-refractivity contribution in [2.45, 2.75) is 4.90 Å². The van der Waals surface area contributed by atoms with Crippen LogP contribution in [0.15, 0.2) is 41.3 Å². The maximum atomic E-state index is 13.6. The Bertz CT molecular complexity index is 825. The van der Waals surface area contributed by atoms with Crippen molar-refractivity contribution >= 4 is 21.4 Å². The van der Waals surface area contributed by atoms with Crippen molar-refractivity contribution in [3.8, 4) is 6.07 Å². The largest absolute Gasteiger partial charge is 0.398 e. The second-order valence-electron chi connectivity index (χ2n) is 4.07. The molecule has 0 aliphatic heterocycles. The van der Waals surface area contributed by atoms with Gasteiger partial charge in [-0.3, -0.25) is 4.72 Å². The summed E-state index contributed by atoms with van der Waals surface area (Å²) in [7, 11) is -4.29. The summed E-state index contributed by atoms with van der Waals surface area (Å²) in [6.45, 7) is 0. The van der Waals surface area contributed by atoms with Crippen LogP contribution < -0.4 is 10.5 Å². The van der Waals surface area contributed by atoms with Gasteiger partial charge in [0, 0.05) is 0 Å². The molecule has 0 saturated heterocycles. The molecule has 0 unspecified atom stereocenters. The Labute approximate surface area is 119 Å². The molecule has 2 rings (SSSR count). The lowest BCUT2D eigenvalue weighted by atomic mass is 10.2. The lowest BCUT2D eigenvalue weighted by Crippen LogP contribution is -2.16. The van der Waals surface area contributed by atoms with Gasteiger partial charge in [0.25, 0.3) is 10.0 Å². The molecule has 0 aliphatic carbocycles. The number of nitrogens with two attached hydrogens (primary N) is 1. The number of hydrogen-bond donors (Lipinski definition) is 2. The van der Waals surface area contributed by atoms with E-state index >= 15 is 0 Å². The number of nitrogens with one attached hydrogen (secondary N) is 1. The van der Waals surface area contributed by atoms with Crippen LogP contribution in [0.1, 0.15) is 5.56 Å². The highest BCUT2D eigenvalue weighted by Crippen LogP contribution is 2.25. The minimum absolute atomic E-state index is 0.0735. The van der Waals surface area contributed by atoms with E-state index in [-0.39, 0.29) is 16.9 Å². The highest BCUT2D eigenvalue weighted by molar-refractivity contribution is 7.92. The molecule has 3 N–H and O–H groups in total. The number of nitrogen functional groups attached to an aromatic ring is 1. The average Bonchev–Trinajstić information content (AvgIpc) is 2.40. The van der Waals surface area contributed by atoms with Crippen LogP contribution in [0.4, 0.5) is 20.2 Å². The second-order valence-corrected chi connectivity index (χ2v) is 5.69. The summed E-state index contributed by atoms with van der Waals surface area (Å²) in [5.74, 6) is -1.80. The van der Waals surface area contributed by atoms with Gasteiger partial charge in [-0.15, -0.1) is 0 Å². The van der Waals surface area contributed by atoms with E-state index in [1.165, 1.54) is 12.1 Å². The zero-order chi connectivity index (χ0) is 15.6. The smallest absolute Gasteiger partial charge is 0.266 e. The third kappa shape index (κ3) is 2.93. The van der Waals surface area contributed by atoms with Crippen LogP contribution in [0.25, 0.3) is 0 Å². The molecule has 2 aromatic rings. The first-order chi connectivity index (χ1) is 9.85. The maximum absolute atomic E-state index is 13.6. The molecule has 0 bridgehead atoms. The van der Waals surface area contributed by atoms with E-state index in [2.05, 4.69) is 4.72 Å². The summed E-state index contributed by atoms with van der Waals surface area (Å²) in [5, 5.41) is 8.70. The van der Waals surface area contributed by atoms with Gasteiger partial charge >= 0.3 is 0 Å². The summed E-state index contributed by atoms with van der Waals surface area (Å²) in [6, 6.07) is 8.09. The molecule has 0 saturated carbocycles. The molecule has 0 fully saturated rings. The first-order valence-corrected chi connectivity index (χ1v) is 7.10. The van der Waals surface area contributed by atoms with Gasteiger partial charge in [-0.05, 0) is 30.3 Å². The number of halogens is 2. The fraction of sp³-hybridized carbons (Fsp3) is 0. The summed E-state index contributed by atoms with van der Waals surface area (Å²) in [5.41, 5.74) is 4.80. The van der Waals surface area contributed by atoms with Crippen LogP contribution in [-0.2, 0) is 10.0 Å². The molecule has 0 aliphatic rings. The number of benzene rings is 2. The van der Waals surface area contributed by atoms with Crippen molar-refractivity contribution in [2.75, 3.05) is 10.5 Å². The van der Waals surface area contributed by atoms with E-state index in [0.29, 0.717) is 0 Å². The predicted octanol–water partition coefficient (Wildman–Crippen LogP) is 2.22. The third-order valence-corrected chi connectivity index (χ3v) is 4.08. The Hall–Kier alpha value is -2.66. The number of rotatable bonds is 3. The van der Waals surface area contributed by atoms with Crippen molar-refractivity contribution < 1.29 is 17.2 Å². The molecule has 108 valence electrons. The Morgan fingerprint density at radius 1 is 1.14 bits per heavy atom. The Morgan fingerprint density at radius 3 is 2.48 bits per heavy atom. The van der Waals surface area contributed by atoms with Crippen LogP contribution in [0.5, 0.6) is 0 Å². The van der Waals surface area contributed by atoms with Gasteiger partial charge in [-0.25, -0.2) is 17.2 Å². The van der Waals surface area contributed by atoms with Gasteiger partial charge in [0.2, 0.25) is 0 Å². The summed E-state index contributed by atoms with van der Waals surface area (Å²) in [4.78, 5) is -0.701. The molecule has 8 heteroatoms. The molecule has 0 amide bonds. The number of nitrogens with zero attached hydrogens (tertiary/aromatic N) is 1. The quantitative estimate of drug-likeness (QED) is 0.850. The summed E-state index contributed by atoms with van der Waals surface area (Å²) in [6.07, 6.45) is 0. The minimum atomic E-state index is -4.29. The van der Waals surface area contributed by atoms with E-state index in [0.717, 1.165) is 24.3 Å². The topological polar surface area (TPSA) is 96.0 Å². The number of hydrogen-bond acceptors (Lipinski definition) is 4. The van der Waals surface area contributed by atoms with Gasteiger partial charge in [0.1, 0.15) is 22.6 Å². The summed E-state index contributed by atoms with van der Waals surface area (Å²) < 4.78 is 53.1. The standard InChI is InChI=1S/C13H9F2N3O2S/c14-10-5-4-9(6-8(10)7-16)18-21(19,20)13-11(15)2-1-3-12(13)17/h1-6,18H,17H2. The number of sulfonamides is 1. The van der Waals surface area contributed by atoms with Gasteiger partial charge in [0.05, 0.1) is 16.9 Å². The van der Waals surface area contributed by atoms with E-state index in [4.69, 9.17) is 11.0 Å². The monoisotopic (exact) mass is 309 g/mol. The van der Waals surface area contributed by atoms with Gasteiger partial charge in [0.15, 0.2) is 0 Å². The third-order valence-electron chi connectivity index (χ3n) is 2.61. The molecule has 5 nitrogen and oxygen atoms in total. The van der Waals surface area contributed by atoms with Gasteiger partial charge in [-0.2, -0.15) is 5.26 Å². The van der Waals surface area contributed by atoms with E-state index < -0.39 is 26.6 Å². The van der Waals surface area contributed by atoms with Crippen molar-refractivity contribution in [2.24, 2.45) is 0 Å². The summed E-state index contributed by atoms with van der Waals surface area (Å²) >= 11 is 0.